The van der Waals surface area contributed by atoms with Crippen molar-refractivity contribution in [1.29, 1.82) is 0 Å². The molecule has 3 heteroatoms. The van der Waals surface area contributed by atoms with E-state index in [1.165, 1.54) is 42.6 Å². The van der Waals surface area contributed by atoms with Crippen molar-refractivity contribution in [1.82, 2.24) is 9.80 Å². The number of carbonyl (C=O) groups is 1. The van der Waals surface area contributed by atoms with Gasteiger partial charge in [-0.2, -0.15) is 0 Å². The van der Waals surface area contributed by atoms with Gasteiger partial charge in [0.1, 0.15) is 0 Å². The minimum atomic E-state index is 0.131. The number of piperidine rings is 1. The molecule has 2 aromatic rings. The molecule has 2 aromatic carbocycles. The van der Waals surface area contributed by atoms with E-state index in [9.17, 15) is 4.79 Å². The summed E-state index contributed by atoms with van der Waals surface area (Å²) in [6.07, 6.45) is 5.50. The minimum Gasteiger partial charge on any atom is -0.343 e. The molecule has 1 amide bonds. The molecule has 2 saturated heterocycles. The second-order valence-electron chi connectivity index (χ2n) is 8.38. The average molecular weight is 377 g/mol. The molecule has 0 aliphatic carbocycles. The molecule has 0 radical (unpaired) electrons. The lowest BCUT2D eigenvalue weighted by atomic mass is 9.85. The van der Waals surface area contributed by atoms with Crippen molar-refractivity contribution < 1.29 is 4.79 Å². The van der Waals surface area contributed by atoms with Gasteiger partial charge in [0.05, 0.1) is 0 Å². The van der Waals surface area contributed by atoms with Crippen LogP contribution in [0.3, 0.4) is 0 Å². The zero-order chi connectivity index (χ0) is 19.3. The fourth-order valence-corrected chi connectivity index (χ4v) is 4.96. The van der Waals surface area contributed by atoms with Crippen LogP contribution in [-0.2, 0) is 4.79 Å². The number of nitrogens with zero attached hydrogens (tertiary/aromatic N) is 2. The van der Waals surface area contributed by atoms with Crippen LogP contribution < -0.4 is 0 Å². The molecular formula is C25H32N2O. The number of aryl methyl sites for hydroxylation is 1. The van der Waals surface area contributed by atoms with Gasteiger partial charge in [-0.1, -0.05) is 54.6 Å². The number of benzene rings is 2. The van der Waals surface area contributed by atoms with E-state index in [0.717, 1.165) is 25.9 Å². The molecule has 2 heterocycles. The summed E-state index contributed by atoms with van der Waals surface area (Å²) in [5.41, 5.74) is 3.77. The molecule has 148 valence electrons. The molecule has 2 aliphatic heterocycles. The van der Waals surface area contributed by atoms with Crippen molar-refractivity contribution in [3.05, 3.63) is 71.3 Å². The van der Waals surface area contributed by atoms with E-state index < -0.39 is 0 Å². The summed E-state index contributed by atoms with van der Waals surface area (Å²) in [6, 6.07) is 19.7. The second kappa shape index (κ2) is 8.91. The monoisotopic (exact) mass is 376 g/mol. The lowest BCUT2D eigenvalue weighted by Gasteiger charge is -2.37. The number of rotatable bonds is 5. The highest BCUT2D eigenvalue weighted by molar-refractivity contribution is 5.78. The van der Waals surface area contributed by atoms with E-state index in [4.69, 9.17) is 0 Å². The van der Waals surface area contributed by atoms with Gasteiger partial charge in [0, 0.05) is 31.5 Å². The third kappa shape index (κ3) is 4.30. The molecule has 0 spiro atoms. The highest BCUT2D eigenvalue weighted by Gasteiger charge is 2.29. The van der Waals surface area contributed by atoms with Crippen LogP contribution in [0.15, 0.2) is 54.6 Å². The highest BCUT2D eigenvalue weighted by Crippen LogP contribution is 2.31. The maximum atomic E-state index is 13.2. The molecule has 2 fully saturated rings. The van der Waals surface area contributed by atoms with E-state index in [2.05, 4.69) is 65.3 Å². The number of hydrogen-bond acceptors (Lipinski definition) is 2. The van der Waals surface area contributed by atoms with Crippen LogP contribution in [0, 0.1) is 6.92 Å². The molecule has 4 rings (SSSR count). The van der Waals surface area contributed by atoms with Crippen molar-refractivity contribution in [2.75, 3.05) is 26.2 Å². The van der Waals surface area contributed by atoms with Crippen LogP contribution in [0.5, 0.6) is 0 Å². The van der Waals surface area contributed by atoms with E-state index in [1.807, 2.05) is 6.07 Å². The van der Waals surface area contributed by atoms with E-state index >= 15 is 0 Å². The summed E-state index contributed by atoms with van der Waals surface area (Å²) in [5, 5.41) is 0. The maximum Gasteiger partial charge on any atom is 0.223 e. The zero-order valence-corrected chi connectivity index (χ0v) is 17.0. The molecular weight excluding hydrogens is 344 g/mol. The predicted octanol–water partition coefficient (Wildman–Crippen LogP) is 4.60. The fraction of sp³-hybridized carbons (Fsp3) is 0.480. The van der Waals surface area contributed by atoms with E-state index in [-0.39, 0.29) is 5.92 Å². The topological polar surface area (TPSA) is 23.6 Å². The first-order chi connectivity index (χ1) is 13.7. The van der Waals surface area contributed by atoms with Gasteiger partial charge in [-0.25, -0.2) is 0 Å². The summed E-state index contributed by atoms with van der Waals surface area (Å²) >= 11 is 0. The summed E-state index contributed by atoms with van der Waals surface area (Å²) < 4.78 is 0. The molecule has 3 nitrogen and oxygen atoms in total. The molecule has 2 aliphatic rings. The zero-order valence-electron chi connectivity index (χ0n) is 17.0. The fourth-order valence-electron chi connectivity index (χ4n) is 4.96. The average Bonchev–Trinajstić information content (AvgIpc) is 3.28. The Morgan fingerprint density at radius 2 is 1.57 bits per heavy atom. The predicted molar refractivity (Wildman–Crippen MR) is 114 cm³/mol. The van der Waals surface area contributed by atoms with Crippen molar-refractivity contribution in [3.8, 4) is 0 Å². The third-order valence-electron chi connectivity index (χ3n) is 6.62. The Morgan fingerprint density at radius 1 is 0.929 bits per heavy atom. The van der Waals surface area contributed by atoms with Gasteiger partial charge in [0.2, 0.25) is 5.91 Å². The Bertz CT molecular complexity index is 774. The molecule has 28 heavy (non-hydrogen) atoms. The highest BCUT2D eigenvalue weighted by atomic mass is 16.2. The van der Waals surface area contributed by atoms with Crippen LogP contribution in [-0.4, -0.2) is 47.9 Å². The van der Waals surface area contributed by atoms with Crippen molar-refractivity contribution in [2.24, 2.45) is 0 Å². The Labute approximate surface area is 169 Å². The van der Waals surface area contributed by atoms with Crippen LogP contribution in [0.2, 0.25) is 0 Å². The third-order valence-corrected chi connectivity index (χ3v) is 6.62. The molecule has 1 unspecified atom stereocenters. The van der Waals surface area contributed by atoms with Crippen LogP contribution in [0.1, 0.15) is 54.7 Å². The Kier molecular flexibility index (Phi) is 6.11. The normalized spacial score (nSPS) is 19.7. The lowest BCUT2D eigenvalue weighted by Crippen LogP contribution is -2.46. The van der Waals surface area contributed by atoms with Gasteiger partial charge >= 0.3 is 0 Å². The Balaban J connectivity index is 1.45. The number of amides is 1. The molecule has 0 aromatic heterocycles. The first kappa shape index (κ1) is 19.2. The standard InChI is InChI=1S/C25H32N2O/c1-20-9-5-6-12-23(20)24(21-10-3-2-4-11-21)19-25(28)27-17-13-22(14-18-27)26-15-7-8-16-26/h2-6,9-12,22,24H,7-8,13-19H2,1H3. The summed E-state index contributed by atoms with van der Waals surface area (Å²) in [4.78, 5) is 18.0. The Hall–Kier alpha value is -2.13. The maximum absolute atomic E-state index is 13.2. The number of likely N-dealkylation sites (tertiary alicyclic amines) is 2. The van der Waals surface area contributed by atoms with E-state index in [0.29, 0.717) is 18.4 Å². The molecule has 0 N–H and O–H groups in total. The Morgan fingerprint density at radius 3 is 2.25 bits per heavy atom. The summed E-state index contributed by atoms with van der Waals surface area (Å²) in [5.74, 6) is 0.434. The van der Waals surface area contributed by atoms with E-state index in [1.54, 1.807) is 0 Å². The molecule has 1 atom stereocenters. The minimum absolute atomic E-state index is 0.131. The van der Waals surface area contributed by atoms with Crippen molar-refractivity contribution in [2.45, 2.75) is 51.0 Å². The van der Waals surface area contributed by atoms with Gasteiger partial charge < -0.3 is 9.80 Å². The van der Waals surface area contributed by atoms with Gasteiger partial charge in [0.25, 0.3) is 0 Å². The van der Waals surface area contributed by atoms with Crippen LogP contribution in [0.4, 0.5) is 0 Å². The summed E-state index contributed by atoms with van der Waals surface area (Å²) in [6.45, 7) is 6.48. The van der Waals surface area contributed by atoms with Crippen LogP contribution in [0.25, 0.3) is 0 Å². The first-order valence-electron chi connectivity index (χ1n) is 10.8. The molecule has 0 saturated carbocycles. The largest absolute Gasteiger partial charge is 0.343 e. The van der Waals surface area contributed by atoms with Crippen molar-refractivity contribution in [3.63, 3.8) is 0 Å². The molecule has 0 bridgehead atoms. The number of carbonyl (C=O) groups excluding carboxylic acids is 1. The van der Waals surface area contributed by atoms with Crippen LogP contribution >= 0.6 is 0 Å². The summed E-state index contributed by atoms with van der Waals surface area (Å²) in [7, 11) is 0. The van der Waals surface area contributed by atoms with Gasteiger partial charge in [-0.05, 0) is 62.4 Å². The number of hydrogen-bond donors (Lipinski definition) is 0. The van der Waals surface area contributed by atoms with Gasteiger partial charge in [-0.15, -0.1) is 0 Å². The SMILES string of the molecule is Cc1ccccc1C(CC(=O)N1CCC(N2CCCC2)CC1)c1ccccc1. The second-order valence-corrected chi connectivity index (χ2v) is 8.38. The first-order valence-corrected chi connectivity index (χ1v) is 10.8. The quantitative estimate of drug-likeness (QED) is 0.761. The smallest absolute Gasteiger partial charge is 0.223 e. The van der Waals surface area contributed by atoms with Crippen molar-refractivity contribution >= 4 is 5.91 Å². The lowest BCUT2D eigenvalue weighted by molar-refractivity contribution is -0.133. The van der Waals surface area contributed by atoms with Gasteiger partial charge in [-0.3, -0.25) is 4.79 Å². The van der Waals surface area contributed by atoms with Gasteiger partial charge in [0.15, 0.2) is 0 Å².